The fourth-order valence-electron chi connectivity index (χ4n) is 2.48. The number of rotatable bonds is 10. The molecule has 2 rings (SSSR count). The molecule has 0 unspecified atom stereocenters. The summed E-state index contributed by atoms with van der Waals surface area (Å²) in [5, 5.41) is 4.00. The Morgan fingerprint density at radius 2 is 1.59 bits per heavy atom. The van der Waals surface area contributed by atoms with Gasteiger partial charge in [0.25, 0.3) is 5.91 Å². The van der Waals surface area contributed by atoms with Crippen LogP contribution in [-0.2, 0) is 0 Å². The predicted molar refractivity (Wildman–Crippen MR) is 119 cm³/mol. The van der Waals surface area contributed by atoms with Crippen molar-refractivity contribution < 1.29 is 19.0 Å². The number of hydrogen-bond donors (Lipinski definition) is 1. The van der Waals surface area contributed by atoms with Crippen LogP contribution in [0.1, 0.15) is 36.7 Å². The number of amides is 1. The van der Waals surface area contributed by atoms with Gasteiger partial charge in [-0.1, -0.05) is 30.3 Å². The zero-order chi connectivity index (χ0) is 21.1. The van der Waals surface area contributed by atoms with Gasteiger partial charge in [0.05, 0.1) is 26.0 Å². The fourth-order valence-corrected chi connectivity index (χ4v) is 2.85. The molecule has 6 nitrogen and oxygen atoms in total. The molecule has 1 N–H and O–H groups in total. The molecule has 2 aromatic rings. The van der Waals surface area contributed by atoms with Crippen LogP contribution in [0.15, 0.2) is 52.0 Å². The molecule has 0 heterocycles. The van der Waals surface area contributed by atoms with Crippen molar-refractivity contribution in [1.82, 2.24) is 5.43 Å². The number of nitrogens with one attached hydrogen (secondary N) is 1. The van der Waals surface area contributed by atoms with Gasteiger partial charge in [-0.3, -0.25) is 4.79 Å². The lowest BCUT2D eigenvalue weighted by Crippen LogP contribution is -2.18. The molecule has 1 amide bonds. The molecule has 0 bridgehead atoms. The number of hydrazone groups is 1. The van der Waals surface area contributed by atoms with E-state index >= 15 is 0 Å². The first-order chi connectivity index (χ1) is 14.1. The Morgan fingerprint density at radius 1 is 1.00 bits per heavy atom. The van der Waals surface area contributed by atoms with Gasteiger partial charge in [0.2, 0.25) is 5.75 Å². The molecule has 0 radical (unpaired) electrons. The minimum atomic E-state index is -0.383. The SMILES string of the molecule is CCOc1cc(C(=O)NN=CC(Br)=Cc2ccccc2)cc(OCC)c1OCC. The monoisotopic (exact) mass is 460 g/mol. The number of benzene rings is 2. The van der Waals surface area contributed by atoms with E-state index in [4.69, 9.17) is 14.2 Å². The molecular formula is C22H25BrN2O4. The van der Waals surface area contributed by atoms with E-state index < -0.39 is 0 Å². The molecule has 7 heteroatoms. The first kappa shape index (κ1) is 22.5. The van der Waals surface area contributed by atoms with E-state index in [2.05, 4.69) is 26.5 Å². The number of carbonyl (C=O) groups is 1. The van der Waals surface area contributed by atoms with Crippen molar-refractivity contribution in [3.63, 3.8) is 0 Å². The summed E-state index contributed by atoms with van der Waals surface area (Å²) in [6, 6.07) is 13.0. The molecular weight excluding hydrogens is 436 g/mol. The first-order valence-electron chi connectivity index (χ1n) is 9.41. The van der Waals surface area contributed by atoms with E-state index in [-0.39, 0.29) is 5.91 Å². The van der Waals surface area contributed by atoms with Gasteiger partial charge in [0, 0.05) is 10.0 Å². The summed E-state index contributed by atoms with van der Waals surface area (Å²) in [6.45, 7) is 6.94. The van der Waals surface area contributed by atoms with Gasteiger partial charge in [-0.2, -0.15) is 5.10 Å². The first-order valence-corrected chi connectivity index (χ1v) is 10.2. The molecule has 29 heavy (non-hydrogen) atoms. The second-order valence-electron chi connectivity index (χ2n) is 5.74. The Morgan fingerprint density at radius 3 is 2.14 bits per heavy atom. The van der Waals surface area contributed by atoms with Crippen molar-refractivity contribution in [3.8, 4) is 17.2 Å². The van der Waals surface area contributed by atoms with Gasteiger partial charge >= 0.3 is 0 Å². The van der Waals surface area contributed by atoms with Crippen LogP contribution in [-0.4, -0.2) is 31.9 Å². The van der Waals surface area contributed by atoms with E-state index in [0.717, 1.165) is 10.0 Å². The minimum absolute atomic E-state index is 0.362. The highest BCUT2D eigenvalue weighted by molar-refractivity contribution is 9.12. The Balaban J connectivity index is 2.17. The van der Waals surface area contributed by atoms with Crippen LogP contribution in [0.3, 0.4) is 0 Å². The van der Waals surface area contributed by atoms with Gasteiger partial charge in [-0.25, -0.2) is 5.43 Å². The minimum Gasteiger partial charge on any atom is -0.490 e. The van der Waals surface area contributed by atoms with Crippen molar-refractivity contribution >= 4 is 34.1 Å². The van der Waals surface area contributed by atoms with E-state index in [1.807, 2.05) is 57.2 Å². The number of nitrogens with zero attached hydrogens (tertiary/aromatic N) is 1. The van der Waals surface area contributed by atoms with Gasteiger partial charge in [0.1, 0.15) is 0 Å². The van der Waals surface area contributed by atoms with E-state index in [1.165, 1.54) is 6.21 Å². The average Bonchev–Trinajstić information content (AvgIpc) is 2.71. The van der Waals surface area contributed by atoms with Gasteiger partial charge in [0.15, 0.2) is 11.5 Å². The zero-order valence-electron chi connectivity index (χ0n) is 16.8. The van der Waals surface area contributed by atoms with Crippen molar-refractivity contribution in [3.05, 3.63) is 58.1 Å². The lowest BCUT2D eigenvalue weighted by Gasteiger charge is -2.16. The molecule has 0 saturated carbocycles. The molecule has 0 atom stereocenters. The van der Waals surface area contributed by atoms with Crippen molar-refractivity contribution in [2.75, 3.05) is 19.8 Å². The van der Waals surface area contributed by atoms with Crippen LogP contribution in [0.4, 0.5) is 0 Å². The molecule has 0 aliphatic heterocycles. The fraction of sp³-hybridized carbons (Fsp3) is 0.273. The summed E-state index contributed by atoms with van der Waals surface area (Å²) in [5.41, 5.74) is 3.90. The Hall–Kier alpha value is -2.80. The topological polar surface area (TPSA) is 69.2 Å². The highest BCUT2D eigenvalue weighted by Gasteiger charge is 2.18. The maximum Gasteiger partial charge on any atom is 0.271 e. The summed E-state index contributed by atoms with van der Waals surface area (Å²) >= 11 is 3.42. The predicted octanol–water partition coefficient (Wildman–Crippen LogP) is 5.03. The molecule has 154 valence electrons. The Kier molecular flexibility index (Phi) is 9.24. The molecule has 0 aliphatic rings. The third kappa shape index (κ3) is 6.94. The lowest BCUT2D eigenvalue weighted by molar-refractivity contribution is 0.0954. The Labute approximate surface area is 179 Å². The van der Waals surface area contributed by atoms with Gasteiger partial charge in [-0.15, -0.1) is 0 Å². The summed E-state index contributed by atoms with van der Waals surface area (Å²) in [5.74, 6) is 1.02. The number of carbonyl (C=O) groups excluding carboxylic acids is 1. The average molecular weight is 461 g/mol. The zero-order valence-corrected chi connectivity index (χ0v) is 18.4. The largest absolute Gasteiger partial charge is 0.490 e. The third-order valence-electron chi connectivity index (χ3n) is 3.63. The molecule has 0 aliphatic carbocycles. The van der Waals surface area contributed by atoms with Gasteiger partial charge in [-0.05, 0) is 60.5 Å². The molecule has 0 fully saturated rings. The summed E-state index contributed by atoms with van der Waals surface area (Å²) < 4.78 is 17.6. The highest BCUT2D eigenvalue weighted by atomic mass is 79.9. The summed E-state index contributed by atoms with van der Waals surface area (Å²) in [7, 11) is 0. The van der Waals surface area contributed by atoms with Gasteiger partial charge < -0.3 is 14.2 Å². The van der Waals surface area contributed by atoms with Crippen molar-refractivity contribution in [1.29, 1.82) is 0 Å². The number of allylic oxidation sites excluding steroid dienone is 1. The van der Waals surface area contributed by atoms with Crippen LogP contribution in [0.5, 0.6) is 17.2 Å². The maximum absolute atomic E-state index is 12.6. The molecule has 0 aromatic heterocycles. The van der Waals surface area contributed by atoms with Crippen LogP contribution in [0, 0.1) is 0 Å². The smallest absolute Gasteiger partial charge is 0.271 e. The number of hydrogen-bond acceptors (Lipinski definition) is 5. The normalized spacial score (nSPS) is 11.4. The standard InChI is InChI=1S/C22H25BrN2O4/c1-4-27-19-13-17(14-20(28-5-2)21(19)29-6-3)22(26)25-24-15-18(23)12-16-10-8-7-9-11-16/h7-15H,4-6H2,1-3H3,(H,25,26). The summed E-state index contributed by atoms with van der Waals surface area (Å²) in [4.78, 5) is 12.6. The summed E-state index contributed by atoms with van der Waals surface area (Å²) in [6.07, 6.45) is 3.42. The maximum atomic E-state index is 12.6. The van der Waals surface area contributed by atoms with E-state index in [1.54, 1.807) is 12.1 Å². The van der Waals surface area contributed by atoms with Crippen LogP contribution < -0.4 is 19.6 Å². The van der Waals surface area contributed by atoms with Crippen LogP contribution in [0.2, 0.25) is 0 Å². The molecule has 2 aromatic carbocycles. The Bertz CT molecular complexity index is 839. The van der Waals surface area contributed by atoms with E-state index in [9.17, 15) is 4.79 Å². The second kappa shape index (κ2) is 11.9. The second-order valence-corrected chi connectivity index (χ2v) is 6.66. The molecule has 0 saturated heterocycles. The van der Waals surface area contributed by atoms with Crippen molar-refractivity contribution in [2.24, 2.45) is 5.10 Å². The van der Waals surface area contributed by atoms with Crippen LogP contribution in [0.25, 0.3) is 6.08 Å². The quantitative estimate of drug-likeness (QED) is 0.398. The lowest BCUT2D eigenvalue weighted by atomic mass is 10.1. The van der Waals surface area contributed by atoms with E-state index in [0.29, 0.717) is 42.6 Å². The van der Waals surface area contributed by atoms with Crippen LogP contribution >= 0.6 is 15.9 Å². The number of halogens is 1. The number of ether oxygens (including phenoxy) is 3. The highest BCUT2D eigenvalue weighted by Crippen LogP contribution is 2.39. The molecule has 0 spiro atoms. The van der Waals surface area contributed by atoms with Crippen molar-refractivity contribution in [2.45, 2.75) is 20.8 Å². The third-order valence-corrected chi connectivity index (χ3v) is 4.06.